The normalized spacial score (nSPS) is 13.0. The number of thiazole rings is 1. The highest BCUT2D eigenvalue weighted by atomic mass is 32.2. The fourth-order valence-electron chi connectivity index (χ4n) is 1.31. The molecule has 0 aliphatic rings. The van der Waals surface area contributed by atoms with Gasteiger partial charge in [-0.3, -0.25) is 9.52 Å². The van der Waals surface area contributed by atoms with Crippen molar-refractivity contribution in [3.05, 3.63) is 11.1 Å². The van der Waals surface area contributed by atoms with Gasteiger partial charge in [0, 0.05) is 5.38 Å². The molecule has 0 aliphatic heterocycles. The van der Waals surface area contributed by atoms with Crippen molar-refractivity contribution in [2.75, 3.05) is 11.0 Å². The first kappa shape index (κ1) is 16.4. The zero-order chi connectivity index (χ0) is 15.5. The predicted molar refractivity (Wildman–Crippen MR) is 74.3 cm³/mol. The number of carboxylic acids is 1. The Hall–Kier alpha value is -1.68. The van der Waals surface area contributed by atoms with Crippen LogP contribution in [0, 0.1) is 5.92 Å². The smallest absolute Gasteiger partial charge is 0.326 e. The van der Waals surface area contributed by atoms with Crippen LogP contribution in [0.2, 0.25) is 0 Å². The first-order chi connectivity index (χ1) is 9.10. The number of hydrogen-bond donors (Lipinski definition) is 3. The molecule has 0 aromatic carbocycles. The van der Waals surface area contributed by atoms with Crippen molar-refractivity contribution in [3.8, 4) is 0 Å². The van der Waals surface area contributed by atoms with Crippen molar-refractivity contribution in [2.24, 2.45) is 5.92 Å². The molecule has 0 bridgehead atoms. The van der Waals surface area contributed by atoms with E-state index in [1.165, 1.54) is 5.38 Å². The van der Waals surface area contributed by atoms with Crippen LogP contribution in [-0.2, 0) is 14.8 Å². The van der Waals surface area contributed by atoms with E-state index in [9.17, 15) is 18.0 Å². The molecule has 1 atom stereocenters. The Balaban J connectivity index is 2.81. The molecule has 112 valence electrons. The summed E-state index contributed by atoms with van der Waals surface area (Å²) in [6, 6.07) is -1.03. The molecule has 0 saturated carbocycles. The van der Waals surface area contributed by atoms with E-state index in [0.717, 1.165) is 17.6 Å². The predicted octanol–water partition coefficient (Wildman–Crippen LogP) is 0.354. The molecule has 1 heterocycles. The summed E-state index contributed by atoms with van der Waals surface area (Å²) in [6.07, 6.45) is 0.966. The van der Waals surface area contributed by atoms with Crippen LogP contribution in [0.3, 0.4) is 0 Å². The SMILES string of the molecule is CC(C)C(NC(=O)c1csc(NS(C)(=O)=O)n1)C(=O)O. The summed E-state index contributed by atoms with van der Waals surface area (Å²) < 4.78 is 24.2. The molecule has 0 saturated heterocycles. The van der Waals surface area contributed by atoms with Gasteiger partial charge >= 0.3 is 5.97 Å². The van der Waals surface area contributed by atoms with Crippen LogP contribution in [0.5, 0.6) is 0 Å². The number of nitrogens with one attached hydrogen (secondary N) is 2. The molecule has 10 heteroatoms. The number of anilines is 1. The van der Waals surface area contributed by atoms with E-state index in [-0.39, 0.29) is 16.7 Å². The summed E-state index contributed by atoms with van der Waals surface area (Å²) in [6.45, 7) is 3.33. The highest BCUT2D eigenvalue weighted by Crippen LogP contribution is 2.16. The van der Waals surface area contributed by atoms with Crippen LogP contribution in [0.4, 0.5) is 5.13 Å². The monoisotopic (exact) mass is 321 g/mol. The Labute approximate surface area is 120 Å². The third-order valence-electron chi connectivity index (χ3n) is 2.23. The van der Waals surface area contributed by atoms with Gasteiger partial charge in [-0.15, -0.1) is 11.3 Å². The van der Waals surface area contributed by atoms with Crippen LogP contribution < -0.4 is 10.0 Å². The third-order valence-corrected chi connectivity index (χ3v) is 3.68. The van der Waals surface area contributed by atoms with Crippen molar-refractivity contribution in [3.63, 3.8) is 0 Å². The van der Waals surface area contributed by atoms with E-state index in [0.29, 0.717) is 0 Å². The van der Waals surface area contributed by atoms with Crippen molar-refractivity contribution in [2.45, 2.75) is 19.9 Å². The Morgan fingerprint density at radius 2 is 2.00 bits per heavy atom. The highest BCUT2D eigenvalue weighted by molar-refractivity contribution is 7.92. The van der Waals surface area contributed by atoms with Crippen molar-refractivity contribution in [1.29, 1.82) is 0 Å². The molecule has 1 aromatic heterocycles. The number of aliphatic carboxylic acids is 1. The number of carbonyl (C=O) groups excluding carboxylic acids is 1. The van der Waals surface area contributed by atoms with E-state index < -0.39 is 27.9 Å². The third kappa shape index (κ3) is 4.78. The summed E-state index contributed by atoms with van der Waals surface area (Å²) in [4.78, 5) is 26.6. The molecule has 8 nitrogen and oxygen atoms in total. The Kier molecular flexibility index (Phi) is 5.06. The van der Waals surface area contributed by atoms with Crippen molar-refractivity contribution in [1.82, 2.24) is 10.3 Å². The summed E-state index contributed by atoms with van der Waals surface area (Å²) in [5.74, 6) is -2.09. The van der Waals surface area contributed by atoms with Gasteiger partial charge in [-0.1, -0.05) is 13.8 Å². The molecular formula is C10H15N3O5S2. The van der Waals surface area contributed by atoms with Gasteiger partial charge < -0.3 is 10.4 Å². The minimum Gasteiger partial charge on any atom is -0.480 e. The van der Waals surface area contributed by atoms with Gasteiger partial charge in [0.05, 0.1) is 6.26 Å². The molecule has 0 radical (unpaired) electrons. The lowest BCUT2D eigenvalue weighted by atomic mass is 10.0. The number of hydrogen-bond acceptors (Lipinski definition) is 6. The zero-order valence-electron chi connectivity index (χ0n) is 11.1. The van der Waals surface area contributed by atoms with E-state index in [2.05, 4.69) is 15.0 Å². The molecule has 0 fully saturated rings. The average Bonchev–Trinajstić information content (AvgIpc) is 2.70. The summed E-state index contributed by atoms with van der Waals surface area (Å²) in [7, 11) is -3.47. The molecule has 1 rings (SSSR count). The maximum absolute atomic E-state index is 11.8. The average molecular weight is 321 g/mol. The Bertz CT molecular complexity index is 608. The number of aromatic nitrogens is 1. The van der Waals surface area contributed by atoms with E-state index in [1.54, 1.807) is 13.8 Å². The van der Waals surface area contributed by atoms with Crippen molar-refractivity contribution >= 4 is 38.4 Å². The van der Waals surface area contributed by atoms with E-state index in [4.69, 9.17) is 5.11 Å². The van der Waals surface area contributed by atoms with Gasteiger partial charge in [0.1, 0.15) is 11.7 Å². The van der Waals surface area contributed by atoms with Crippen LogP contribution >= 0.6 is 11.3 Å². The van der Waals surface area contributed by atoms with Crippen LogP contribution in [0.1, 0.15) is 24.3 Å². The number of carbonyl (C=O) groups is 2. The second-order valence-electron chi connectivity index (χ2n) is 4.45. The molecule has 1 amide bonds. The summed E-state index contributed by atoms with van der Waals surface area (Å²) >= 11 is 0.939. The number of carboxylic acid groups (broad SMARTS) is 1. The fraction of sp³-hybridized carbons (Fsp3) is 0.500. The minimum absolute atomic E-state index is 0.0342. The molecule has 0 spiro atoms. The largest absolute Gasteiger partial charge is 0.480 e. The van der Waals surface area contributed by atoms with Gasteiger partial charge in [-0.05, 0) is 5.92 Å². The molecule has 20 heavy (non-hydrogen) atoms. The topological polar surface area (TPSA) is 125 Å². The van der Waals surface area contributed by atoms with Gasteiger partial charge in [-0.25, -0.2) is 18.2 Å². The number of sulfonamides is 1. The minimum atomic E-state index is -3.47. The van der Waals surface area contributed by atoms with E-state index >= 15 is 0 Å². The zero-order valence-corrected chi connectivity index (χ0v) is 12.7. The van der Waals surface area contributed by atoms with Gasteiger partial charge in [0.2, 0.25) is 10.0 Å². The molecule has 0 aliphatic carbocycles. The van der Waals surface area contributed by atoms with Crippen molar-refractivity contribution < 1.29 is 23.1 Å². The summed E-state index contributed by atoms with van der Waals surface area (Å²) in [5, 5.41) is 12.7. The van der Waals surface area contributed by atoms with E-state index in [1.807, 2.05) is 0 Å². The van der Waals surface area contributed by atoms with Crippen LogP contribution in [-0.4, -0.2) is 42.7 Å². The lowest BCUT2D eigenvalue weighted by Crippen LogP contribution is -2.44. The quantitative estimate of drug-likeness (QED) is 0.694. The standard InChI is InChI=1S/C10H15N3O5S2/c1-5(2)7(9(15)16)12-8(14)6-4-19-10(11-6)13-20(3,17)18/h4-5,7H,1-3H3,(H,11,13)(H,12,14)(H,15,16). The van der Waals surface area contributed by atoms with Gasteiger partial charge in [-0.2, -0.15) is 0 Å². The summed E-state index contributed by atoms with van der Waals surface area (Å²) in [5.41, 5.74) is -0.0342. The lowest BCUT2D eigenvalue weighted by Gasteiger charge is -2.16. The lowest BCUT2D eigenvalue weighted by molar-refractivity contribution is -0.140. The molecule has 1 aromatic rings. The van der Waals surface area contributed by atoms with Gasteiger partial charge in [0.15, 0.2) is 5.13 Å². The second-order valence-corrected chi connectivity index (χ2v) is 7.05. The Morgan fingerprint density at radius 3 is 2.45 bits per heavy atom. The van der Waals surface area contributed by atoms with Crippen LogP contribution in [0.25, 0.3) is 0 Å². The van der Waals surface area contributed by atoms with Gasteiger partial charge in [0.25, 0.3) is 5.91 Å². The first-order valence-corrected chi connectivity index (χ1v) is 8.34. The number of amides is 1. The number of nitrogens with zero attached hydrogens (tertiary/aromatic N) is 1. The molecule has 3 N–H and O–H groups in total. The number of rotatable bonds is 6. The molecular weight excluding hydrogens is 306 g/mol. The second kappa shape index (κ2) is 6.18. The maximum atomic E-state index is 11.8. The highest BCUT2D eigenvalue weighted by Gasteiger charge is 2.25. The van der Waals surface area contributed by atoms with Crippen LogP contribution in [0.15, 0.2) is 5.38 Å². The fourth-order valence-corrected chi connectivity index (χ4v) is 2.86. The Morgan fingerprint density at radius 1 is 1.40 bits per heavy atom. The molecule has 1 unspecified atom stereocenters. The maximum Gasteiger partial charge on any atom is 0.326 e. The first-order valence-electron chi connectivity index (χ1n) is 5.57.